The zero-order chi connectivity index (χ0) is 13.8. The molecule has 0 amide bonds. The molecule has 0 saturated carbocycles. The summed E-state index contributed by atoms with van der Waals surface area (Å²) in [4.78, 5) is 0. The highest BCUT2D eigenvalue weighted by molar-refractivity contribution is 9.10. The molecule has 0 spiro atoms. The van der Waals surface area contributed by atoms with Gasteiger partial charge in [0.15, 0.2) is 0 Å². The average molecular weight is 347 g/mol. The quantitative estimate of drug-likeness (QED) is 0.771. The lowest BCUT2D eigenvalue weighted by Gasteiger charge is -2.05. The van der Waals surface area contributed by atoms with Crippen molar-refractivity contribution in [1.82, 2.24) is 5.32 Å². The second-order valence-electron chi connectivity index (χ2n) is 4.19. The SMILES string of the molecule is CCCNCc1ccc(-c2c(Cl)cc(F)cc2Br)o1. The molecule has 2 aromatic rings. The van der Waals surface area contributed by atoms with E-state index in [2.05, 4.69) is 28.2 Å². The third-order valence-electron chi connectivity index (χ3n) is 2.64. The van der Waals surface area contributed by atoms with Crippen molar-refractivity contribution < 1.29 is 8.81 Å². The van der Waals surface area contributed by atoms with Crippen molar-refractivity contribution in [3.63, 3.8) is 0 Å². The zero-order valence-electron chi connectivity index (χ0n) is 10.5. The van der Waals surface area contributed by atoms with Crippen LogP contribution < -0.4 is 5.32 Å². The Hall–Kier alpha value is -0.840. The van der Waals surface area contributed by atoms with E-state index in [9.17, 15) is 4.39 Å². The van der Waals surface area contributed by atoms with E-state index in [4.69, 9.17) is 16.0 Å². The lowest BCUT2D eigenvalue weighted by Crippen LogP contribution is -2.12. The van der Waals surface area contributed by atoms with Gasteiger partial charge in [-0.05, 0) is 53.2 Å². The summed E-state index contributed by atoms with van der Waals surface area (Å²) in [6.45, 7) is 3.72. The fraction of sp³-hybridized carbons (Fsp3) is 0.286. The van der Waals surface area contributed by atoms with E-state index in [0.717, 1.165) is 18.7 Å². The third-order valence-corrected chi connectivity index (χ3v) is 3.56. The van der Waals surface area contributed by atoms with Gasteiger partial charge < -0.3 is 9.73 Å². The van der Waals surface area contributed by atoms with Crippen LogP contribution in [0.3, 0.4) is 0 Å². The predicted octanol–water partition coefficient (Wildman–Crippen LogP) is 5.00. The van der Waals surface area contributed by atoms with Gasteiger partial charge >= 0.3 is 0 Å². The maximum atomic E-state index is 13.2. The Labute approximate surface area is 125 Å². The minimum atomic E-state index is -0.378. The van der Waals surface area contributed by atoms with Crippen LogP contribution in [0.4, 0.5) is 4.39 Å². The molecule has 0 saturated heterocycles. The summed E-state index contributed by atoms with van der Waals surface area (Å²) in [6.07, 6.45) is 1.07. The van der Waals surface area contributed by atoms with E-state index in [1.807, 2.05) is 12.1 Å². The van der Waals surface area contributed by atoms with Crippen LogP contribution in [0, 0.1) is 5.82 Å². The van der Waals surface area contributed by atoms with Crippen molar-refractivity contribution in [2.24, 2.45) is 0 Å². The Morgan fingerprint density at radius 2 is 2.16 bits per heavy atom. The maximum Gasteiger partial charge on any atom is 0.136 e. The molecular weight excluding hydrogens is 333 g/mol. The lowest BCUT2D eigenvalue weighted by molar-refractivity contribution is 0.493. The van der Waals surface area contributed by atoms with Gasteiger partial charge in [0.2, 0.25) is 0 Å². The standard InChI is InChI=1S/C14H14BrClFNO/c1-2-5-18-8-10-3-4-13(19-10)14-11(15)6-9(17)7-12(14)16/h3-4,6-7,18H,2,5,8H2,1H3. The van der Waals surface area contributed by atoms with Crippen LogP contribution in [0.25, 0.3) is 11.3 Å². The van der Waals surface area contributed by atoms with E-state index >= 15 is 0 Å². The summed E-state index contributed by atoms with van der Waals surface area (Å²) in [5, 5.41) is 3.58. The van der Waals surface area contributed by atoms with E-state index in [1.165, 1.54) is 12.1 Å². The highest BCUT2D eigenvalue weighted by Gasteiger charge is 2.14. The molecule has 1 aromatic carbocycles. The smallest absolute Gasteiger partial charge is 0.136 e. The second-order valence-corrected chi connectivity index (χ2v) is 5.45. The van der Waals surface area contributed by atoms with E-state index in [1.54, 1.807) is 0 Å². The molecule has 0 unspecified atom stereocenters. The summed E-state index contributed by atoms with van der Waals surface area (Å²) in [5.41, 5.74) is 0.671. The molecule has 1 N–H and O–H groups in total. The summed E-state index contributed by atoms with van der Waals surface area (Å²) in [5.74, 6) is 1.08. The largest absolute Gasteiger partial charge is 0.460 e. The Morgan fingerprint density at radius 1 is 1.37 bits per heavy atom. The van der Waals surface area contributed by atoms with Crippen LogP contribution >= 0.6 is 27.5 Å². The number of hydrogen-bond donors (Lipinski definition) is 1. The molecule has 0 aliphatic rings. The highest BCUT2D eigenvalue weighted by Crippen LogP contribution is 2.36. The van der Waals surface area contributed by atoms with Gasteiger partial charge in [-0.25, -0.2) is 4.39 Å². The number of halogens is 3. The molecule has 5 heteroatoms. The average Bonchev–Trinajstić information content (AvgIpc) is 2.76. The van der Waals surface area contributed by atoms with Crippen molar-refractivity contribution in [3.05, 3.63) is 45.3 Å². The number of rotatable bonds is 5. The number of hydrogen-bond acceptors (Lipinski definition) is 2. The first-order chi connectivity index (χ1) is 9.11. The van der Waals surface area contributed by atoms with Crippen LogP contribution in [-0.4, -0.2) is 6.54 Å². The van der Waals surface area contributed by atoms with Gasteiger partial charge in [-0.3, -0.25) is 0 Å². The van der Waals surface area contributed by atoms with E-state index in [0.29, 0.717) is 27.4 Å². The van der Waals surface area contributed by atoms with Crippen LogP contribution in [0.15, 0.2) is 33.2 Å². The molecule has 102 valence electrons. The number of benzene rings is 1. The van der Waals surface area contributed by atoms with E-state index in [-0.39, 0.29) is 5.82 Å². The van der Waals surface area contributed by atoms with Crippen molar-refractivity contribution in [2.45, 2.75) is 19.9 Å². The van der Waals surface area contributed by atoms with Gasteiger partial charge in [-0.1, -0.05) is 18.5 Å². The van der Waals surface area contributed by atoms with Crippen molar-refractivity contribution in [1.29, 1.82) is 0 Å². The molecule has 0 aliphatic carbocycles. The van der Waals surface area contributed by atoms with Gasteiger partial charge in [0.25, 0.3) is 0 Å². The predicted molar refractivity (Wildman–Crippen MR) is 78.8 cm³/mol. The van der Waals surface area contributed by atoms with Crippen molar-refractivity contribution >= 4 is 27.5 Å². The van der Waals surface area contributed by atoms with Gasteiger partial charge in [-0.2, -0.15) is 0 Å². The summed E-state index contributed by atoms with van der Waals surface area (Å²) in [6, 6.07) is 6.38. The van der Waals surface area contributed by atoms with Crippen LogP contribution in [0.1, 0.15) is 19.1 Å². The third kappa shape index (κ3) is 3.59. The Balaban J connectivity index is 2.23. The molecule has 1 heterocycles. The molecule has 0 bridgehead atoms. The van der Waals surface area contributed by atoms with Crippen LogP contribution in [-0.2, 0) is 6.54 Å². The Kier molecular flexibility index (Phi) is 5.02. The monoisotopic (exact) mass is 345 g/mol. The minimum absolute atomic E-state index is 0.328. The molecule has 0 atom stereocenters. The molecule has 2 nitrogen and oxygen atoms in total. The maximum absolute atomic E-state index is 13.2. The molecular formula is C14H14BrClFNO. The van der Waals surface area contributed by atoms with Gasteiger partial charge in [0.05, 0.1) is 17.1 Å². The highest BCUT2D eigenvalue weighted by atomic mass is 79.9. The fourth-order valence-corrected chi connectivity index (χ4v) is 2.81. The molecule has 1 aromatic heterocycles. The Bertz CT molecular complexity index is 547. The van der Waals surface area contributed by atoms with Crippen LogP contribution in [0.2, 0.25) is 5.02 Å². The molecule has 0 fully saturated rings. The number of furan rings is 1. The van der Waals surface area contributed by atoms with E-state index < -0.39 is 0 Å². The van der Waals surface area contributed by atoms with Gasteiger partial charge in [0, 0.05) is 4.47 Å². The first-order valence-corrected chi connectivity index (χ1v) is 7.23. The van der Waals surface area contributed by atoms with Crippen molar-refractivity contribution in [2.75, 3.05) is 6.54 Å². The molecule has 19 heavy (non-hydrogen) atoms. The molecule has 0 aliphatic heterocycles. The van der Waals surface area contributed by atoms with Crippen LogP contribution in [0.5, 0.6) is 0 Å². The Morgan fingerprint density at radius 3 is 2.84 bits per heavy atom. The fourth-order valence-electron chi connectivity index (χ4n) is 1.77. The molecule has 2 rings (SSSR count). The minimum Gasteiger partial charge on any atom is -0.460 e. The van der Waals surface area contributed by atoms with Gasteiger partial charge in [-0.15, -0.1) is 0 Å². The second kappa shape index (κ2) is 6.55. The molecule has 0 radical (unpaired) electrons. The van der Waals surface area contributed by atoms with Gasteiger partial charge in [0.1, 0.15) is 17.3 Å². The summed E-state index contributed by atoms with van der Waals surface area (Å²) in [7, 11) is 0. The summed E-state index contributed by atoms with van der Waals surface area (Å²) >= 11 is 9.37. The number of nitrogens with one attached hydrogen (secondary N) is 1. The topological polar surface area (TPSA) is 25.2 Å². The first-order valence-electron chi connectivity index (χ1n) is 6.06. The normalized spacial score (nSPS) is 10.9. The summed E-state index contributed by atoms with van der Waals surface area (Å²) < 4.78 is 19.5. The lowest BCUT2D eigenvalue weighted by atomic mass is 10.2. The first kappa shape index (κ1) is 14.6. The van der Waals surface area contributed by atoms with Crippen molar-refractivity contribution in [3.8, 4) is 11.3 Å². The zero-order valence-corrected chi connectivity index (χ0v) is 12.8.